The van der Waals surface area contributed by atoms with Crippen molar-refractivity contribution in [2.24, 2.45) is 0 Å². The maximum absolute atomic E-state index is 4.19. The van der Waals surface area contributed by atoms with Crippen molar-refractivity contribution in [2.45, 2.75) is 13.5 Å². The largest absolute Gasteiger partial charge is 0.301 e. The van der Waals surface area contributed by atoms with Crippen LogP contribution in [0.2, 0.25) is 0 Å². The maximum Gasteiger partial charge on any atom is 0.233 e. The van der Waals surface area contributed by atoms with E-state index in [-0.39, 0.29) is 0 Å². The lowest BCUT2D eigenvalue weighted by Crippen LogP contribution is -2.14. The summed E-state index contributed by atoms with van der Waals surface area (Å²) in [6.45, 7) is 3.28. The monoisotopic (exact) mass is 200 g/mol. The van der Waals surface area contributed by atoms with Crippen LogP contribution >= 0.6 is 0 Å². The summed E-state index contributed by atoms with van der Waals surface area (Å²) in [5.74, 6) is 6.52. The summed E-state index contributed by atoms with van der Waals surface area (Å²) in [5.41, 5.74) is 1.09. The molecule has 0 aromatic carbocycles. The second-order valence-electron chi connectivity index (χ2n) is 3.07. The molecule has 0 aliphatic heterocycles. The molecule has 2 aromatic rings. The summed E-state index contributed by atoms with van der Waals surface area (Å²) < 4.78 is 1.96. The number of hydrogen-bond acceptors (Lipinski definition) is 3. The molecule has 2 rings (SSSR count). The van der Waals surface area contributed by atoms with Gasteiger partial charge in [-0.15, -0.1) is 5.92 Å². The molecule has 15 heavy (non-hydrogen) atoms. The standard InChI is InChI=1S/C11H12N4/c1-2-3-5-12-8-10-9-14-11-13-6-4-7-15(10)11/h4,6-7,9,12H,5,8H2,1H3. The fourth-order valence-corrected chi connectivity index (χ4v) is 1.35. The van der Waals surface area contributed by atoms with E-state index in [1.54, 1.807) is 6.20 Å². The first-order chi connectivity index (χ1) is 7.42. The van der Waals surface area contributed by atoms with Gasteiger partial charge in [-0.05, 0) is 13.0 Å². The molecule has 0 saturated carbocycles. The van der Waals surface area contributed by atoms with E-state index in [0.29, 0.717) is 6.54 Å². The van der Waals surface area contributed by atoms with E-state index < -0.39 is 0 Å². The van der Waals surface area contributed by atoms with Crippen molar-refractivity contribution >= 4 is 5.78 Å². The number of imidazole rings is 1. The van der Waals surface area contributed by atoms with Gasteiger partial charge in [0.2, 0.25) is 5.78 Å². The van der Waals surface area contributed by atoms with Crippen molar-refractivity contribution in [3.63, 3.8) is 0 Å². The van der Waals surface area contributed by atoms with E-state index in [1.165, 1.54) is 0 Å². The van der Waals surface area contributed by atoms with Gasteiger partial charge in [-0.3, -0.25) is 4.40 Å². The molecule has 1 N–H and O–H groups in total. The van der Waals surface area contributed by atoms with Crippen LogP contribution in [0.15, 0.2) is 24.7 Å². The molecule has 0 saturated heterocycles. The Morgan fingerprint density at radius 3 is 3.27 bits per heavy atom. The second kappa shape index (κ2) is 4.58. The molecule has 0 amide bonds. The number of rotatable bonds is 3. The molecule has 0 fully saturated rings. The molecule has 2 aromatic heterocycles. The average molecular weight is 200 g/mol. The minimum Gasteiger partial charge on any atom is -0.301 e. The van der Waals surface area contributed by atoms with Crippen molar-refractivity contribution < 1.29 is 0 Å². The minimum absolute atomic E-state index is 0.698. The van der Waals surface area contributed by atoms with E-state index in [2.05, 4.69) is 27.1 Å². The predicted octanol–water partition coefficient (Wildman–Crippen LogP) is 0.842. The fraction of sp³-hybridized carbons (Fsp3) is 0.273. The molecule has 0 aliphatic rings. The molecule has 76 valence electrons. The molecule has 4 heteroatoms. The van der Waals surface area contributed by atoms with E-state index in [0.717, 1.165) is 18.0 Å². The number of nitrogens with zero attached hydrogens (tertiary/aromatic N) is 3. The van der Waals surface area contributed by atoms with Crippen LogP contribution in [0.3, 0.4) is 0 Å². The first kappa shape index (κ1) is 9.69. The topological polar surface area (TPSA) is 42.2 Å². The SMILES string of the molecule is CC#CCNCc1cnc2ncccn12. The Balaban J connectivity index is 2.10. The van der Waals surface area contributed by atoms with E-state index in [9.17, 15) is 0 Å². The average Bonchev–Trinajstić information content (AvgIpc) is 2.68. The van der Waals surface area contributed by atoms with Crippen LogP contribution in [0.1, 0.15) is 12.6 Å². The summed E-state index contributed by atoms with van der Waals surface area (Å²) in [7, 11) is 0. The van der Waals surface area contributed by atoms with Crippen LogP contribution in [-0.4, -0.2) is 20.9 Å². The molecular formula is C11H12N4. The Bertz CT molecular complexity index is 504. The van der Waals surface area contributed by atoms with Gasteiger partial charge < -0.3 is 5.32 Å². The lowest BCUT2D eigenvalue weighted by molar-refractivity contribution is 0.741. The lowest BCUT2D eigenvalue weighted by atomic mass is 10.4. The van der Waals surface area contributed by atoms with Crippen molar-refractivity contribution in [3.05, 3.63) is 30.4 Å². The van der Waals surface area contributed by atoms with E-state index in [1.807, 2.05) is 29.8 Å². The predicted molar refractivity (Wildman–Crippen MR) is 58.1 cm³/mol. The smallest absolute Gasteiger partial charge is 0.233 e. The van der Waals surface area contributed by atoms with Gasteiger partial charge in [0, 0.05) is 18.9 Å². The zero-order valence-corrected chi connectivity index (χ0v) is 8.57. The summed E-state index contributed by atoms with van der Waals surface area (Å²) in [5, 5.41) is 3.22. The van der Waals surface area contributed by atoms with Crippen molar-refractivity contribution in [3.8, 4) is 11.8 Å². The molecule has 0 unspecified atom stereocenters. The van der Waals surface area contributed by atoms with Crippen LogP contribution in [0.4, 0.5) is 0 Å². The second-order valence-corrected chi connectivity index (χ2v) is 3.07. The third kappa shape index (κ3) is 2.14. The highest BCUT2D eigenvalue weighted by Crippen LogP contribution is 2.02. The number of fused-ring (bicyclic) bond motifs is 1. The normalized spacial score (nSPS) is 9.93. The fourth-order valence-electron chi connectivity index (χ4n) is 1.35. The van der Waals surface area contributed by atoms with Gasteiger partial charge in [-0.2, -0.15) is 0 Å². The molecule has 0 bridgehead atoms. The van der Waals surface area contributed by atoms with Crippen LogP contribution in [0.25, 0.3) is 5.78 Å². The van der Waals surface area contributed by atoms with Crippen molar-refractivity contribution in [1.29, 1.82) is 0 Å². The first-order valence-electron chi connectivity index (χ1n) is 4.79. The van der Waals surface area contributed by atoms with E-state index >= 15 is 0 Å². The third-order valence-electron chi connectivity index (χ3n) is 2.06. The Hall–Kier alpha value is -1.86. The van der Waals surface area contributed by atoms with Gasteiger partial charge >= 0.3 is 0 Å². The zero-order valence-electron chi connectivity index (χ0n) is 8.57. The van der Waals surface area contributed by atoms with Crippen LogP contribution in [0.5, 0.6) is 0 Å². The lowest BCUT2D eigenvalue weighted by Gasteiger charge is -2.00. The molecule has 0 spiro atoms. The molecule has 2 heterocycles. The van der Waals surface area contributed by atoms with Gasteiger partial charge in [0.1, 0.15) is 0 Å². The van der Waals surface area contributed by atoms with E-state index in [4.69, 9.17) is 0 Å². The third-order valence-corrected chi connectivity index (χ3v) is 2.06. The Morgan fingerprint density at radius 2 is 2.40 bits per heavy atom. The number of nitrogens with one attached hydrogen (secondary N) is 1. The van der Waals surface area contributed by atoms with Crippen LogP contribution < -0.4 is 5.32 Å². The summed E-state index contributed by atoms with van der Waals surface area (Å²) in [6, 6.07) is 1.89. The Morgan fingerprint density at radius 1 is 1.47 bits per heavy atom. The molecule has 0 atom stereocenters. The number of aromatic nitrogens is 3. The maximum atomic E-state index is 4.19. The Kier molecular flexibility index (Phi) is 2.96. The number of hydrogen-bond donors (Lipinski definition) is 1. The molecule has 0 radical (unpaired) electrons. The highest BCUT2D eigenvalue weighted by Gasteiger charge is 2.01. The minimum atomic E-state index is 0.698. The van der Waals surface area contributed by atoms with Gasteiger partial charge in [0.25, 0.3) is 0 Å². The molecule has 4 nitrogen and oxygen atoms in total. The van der Waals surface area contributed by atoms with Crippen LogP contribution in [0, 0.1) is 11.8 Å². The highest BCUT2D eigenvalue weighted by atomic mass is 15.1. The van der Waals surface area contributed by atoms with Gasteiger partial charge in [0.05, 0.1) is 18.4 Å². The molecule has 0 aliphatic carbocycles. The quantitative estimate of drug-likeness (QED) is 0.589. The molecular weight excluding hydrogens is 188 g/mol. The van der Waals surface area contributed by atoms with Gasteiger partial charge in [-0.1, -0.05) is 5.92 Å². The van der Waals surface area contributed by atoms with Gasteiger partial charge in [-0.25, -0.2) is 9.97 Å². The van der Waals surface area contributed by atoms with Gasteiger partial charge in [0.15, 0.2) is 0 Å². The first-order valence-corrected chi connectivity index (χ1v) is 4.79. The summed E-state index contributed by atoms with van der Waals surface area (Å²) in [4.78, 5) is 8.34. The highest BCUT2D eigenvalue weighted by molar-refractivity contribution is 5.30. The summed E-state index contributed by atoms with van der Waals surface area (Å²) in [6.07, 6.45) is 5.52. The summed E-state index contributed by atoms with van der Waals surface area (Å²) >= 11 is 0. The zero-order chi connectivity index (χ0) is 10.5. The Labute approximate surface area is 88.4 Å². The van der Waals surface area contributed by atoms with Crippen LogP contribution in [-0.2, 0) is 6.54 Å². The van der Waals surface area contributed by atoms with Crippen molar-refractivity contribution in [1.82, 2.24) is 19.7 Å². The van der Waals surface area contributed by atoms with Crippen molar-refractivity contribution in [2.75, 3.05) is 6.54 Å².